The van der Waals surface area contributed by atoms with Gasteiger partial charge in [-0.2, -0.15) is 0 Å². The van der Waals surface area contributed by atoms with Crippen molar-refractivity contribution >= 4 is 45.9 Å². The molecule has 7 nitrogen and oxygen atoms in total. The van der Waals surface area contributed by atoms with Crippen LogP contribution in [0.25, 0.3) is 10.8 Å². The minimum Gasteiger partial charge on any atom is -0.394 e. The summed E-state index contributed by atoms with van der Waals surface area (Å²) in [6, 6.07) is 12.5. The van der Waals surface area contributed by atoms with Gasteiger partial charge in [0.05, 0.1) is 29.2 Å². The Labute approximate surface area is 222 Å². The topological polar surface area (TPSA) is 98.7 Å². The van der Waals surface area contributed by atoms with E-state index in [-0.39, 0.29) is 30.2 Å². The molecule has 3 heterocycles. The number of carbonyl (C=O) groups is 3. The summed E-state index contributed by atoms with van der Waals surface area (Å²) in [5, 5.41) is 18.6. The van der Waals surface area contributed by atoms with Gasteiger partial charge in [-0.25, -0.2) is 0 Å². The number of hydrogen-bond donors (Lipinski definition) is 3. The summed E-state index contributed by atoms with van der Waals surface area (Å²) >= 11 is 1.65. The third-order valence-electron chi connectivity index (χ3n) is 8.63. The van der Waals surface area contributed by atoms with Gasteiger partial charge in [0.25, 0.3) is 0 Å². The minimum absolute atomic E-state index is 0.0506. The number of aliphatic hydroxyl groups is 1. The number of amides is 3. The van der Waals surface area contributed by atoms with Gasteiger partial charge < -0.3 is 20.6 Å². The van der Waals surface area contributed by atoms with Gasteiger partial charge in [0.15, 0.2) is 0 Å². The number of thioether (sulfide) groups is 1. The number of anilines is 1. The molecule has 0 saturated carbocycles. The molecule has 3 aliphatic rings. The highest BCUT2D eigenvalue weighted by Crippen LogP contribution is 2.71. The molecule has 3 N–H and O–H groups in total. The van der Waals surface area contributed by atoms with E-state index in [0.717, 1.165) is 23.6 Å². The Bertz CT molecular complexity index is 1230. The molecule has 6 atom stereocenters. The summed E-state index contributed by atoms with van der Waals surface area (Å²) in [4.78, 5) is 43.4. The van der Waals surface area contributed by atoms with E-state index in [2.05, 4.69) is 17.6 Å². The average molecular weight is 524 g/mol. The van der Waals surface area contributed by atoms with Crippen LogP contribution in [0.15, 0.2) is 42.5 Å². The lowest BCUT2D eigenvalue weighted by Gasteiger charge is -2.38. The molecule has 2 bridgehead atoms. The molecule has 0 aromatic heterocycles. The van der Waals surface area contributed by atoms with Gasteiger partial charge in [0.1, 0.15) is 6.04 Å². The van der Waals surface area contributed by atoms with Crippen LogP contribution >= 0.6 is 11.8 Å². The first-order valence-electron chi connectivity index (χ1n) is 13.4. The van der Waals surface area contributed by atoms with E-state index >= 15 is 0 Å². The second-order valence-electron chi connectivity index (χ2n) is 11.3. The van der Waals surface area contributed by atoms with E-state index in [1.54, 1.807) is 16.7 Å². The normalized spacial score (nSPS) is 31.1. The third kappa shape index (κ3) is 4.04. The number of rotatable bonds is 8. The Morgan fingerprint density at radius 1 is 1.14 bits per heavy atom. The molecule has 198 valence electrons. The highest BCUT2D eigenvalue weighted by atomic mass is 32.2. The van der Waals surface area contributed by atoms with Crippen molar-refractivity contribution in [3.63, 3.8) is 0 Å². The van der Waals surface area contributed by atoms with Gasteiger partial charge in [-0.1, -0.05) is 51.1 Å². The van der Waals surface area contributed by atoms with Crippen molar-refractivity contribution in [1.82, 2.24) is 10.2 Å². The van der Waals surface area contributed by atoms with Crippen LogP contribution in [0.3, 0.4) is 0 Å². The lowest BCUT2D eigenvalue weighted by Crippen LogP contribution is -2.56. The molecule has 3 amide bonds. The van der Waals surface area contributed by atoms with E-state index in [1.165, 1.54) is 0 Å². The number of nitrogens with one attached hydrogen (secondary N) is 2. The summed E-state index contributed by atoms with van der Waals surface area (Å²) in [5.41, 5.74) is 0.669. The smallest absolute Gasteiger partial charge is 0.248 e. The van der Waals surface area contributed by atoms with Gasteiger partial charge >= 0.3 is 0 Å². The van der Waals surface area contributed by atoms with Crippen molar-refractivity contribution in [2.45, 2.75) is 68.5 Å². The zero-order valence-corrected chi connectivity index (χ0v) is 22.8. The Kier molecular flexibility index (Phi) is 6.77. The van der Waals surface area contributed by atoms with Crippen LogP contribution in [-0.4, -0.2) is 62.5 Å². The van der Waals surface area contributed by atoms with E-state index < -0.39 is 33.4 Å². The highest BCUT2D eigenvalue weighted by Gasteiger charge is 2.77. The van der Waals surface area contributed by atoms with Crippen LogP contribution < -0.4 is 10.6 Å². The monoisotopic (exact) mass is 523 g/mol. The number of aliphatic hydroxyl groups excluding tert-OH is 1. The zero-order valence-electron chi connectivity index (χ0n) is 22.0. The number of hydrogen-bond acceptors (Lipinski definition) is 5. The predicted molar refractivity (Wildman–Crippen MR) is 147 cm³/mol. The van der Waals surface area contributed by atoms with Crippen LogP contribution in [-0.2, 0) is 14.4 Å². The van der Waals surface area contributed by atoms with Crippen LogP contribution in [0.2, 0.25) is 0 Å². The lowest BCUT2D eigenvalue weighted by atomic mass is 9.66. The first-order valence-corrected chi connectivity index (χ1v) is 14.2. The lowest BCUT2D eigenvalue weighted by molar-refractivity contribution is -0.143. The molecule has 2 unspecified atom stereocenters. The maximum atomic E-state index is 14.2. The molecular formula is C29H37N3O4S. The molecule has 0 aliphatic carbocycles. The fourth-order valence-corrected chi connectivity index (χ4v) is 9.22. The number of benzene rings is 2. The Balaban J connectivity index is 1.55. The number of nitrogens with zero attached hydrogens (tertiary/aromatic N) is 1. The zero-order chi connectivity index (χ0) is 26.5. The first kappa shape index (κ1) is 26.0. The molecule has 2 aromatic rings. The Hall–Kier alpha value is -2.58. The van der Waals surface area contributed by atoms with Gasteiger partial charge in [0, 0.05) is 17.0 Å². The molecule has 8 heteroatoms. The van der Waals surface area contributed by atoms with Crippen molar-refractivity contribution in [2.75, 3.05) is 18.5 Å². The summed E-state index contributed by atoms with van der Waals surface area (Å²) in [6.07, 6.45) is 2.27. The van der Waals surface area contributed by atoms with Crippen molar-refractivity contribution in [1.29, 1.82) is 0 Å². The summed E-state index contributed by atoms with van der Waals surface area (Å²) in [7, 11) is 0. The van der Waals surface area contributed by atoms with Gasteiger partial charge in [0.2, 0.25) is 17.7 Å². The maximum absolute atomic E-state index is 14.2. The maximum Gasteiger partial charge on any atom is 0.248 e. The van der Waals surface area contributed by atoms with Gasteiger partial charge in [-0.05, 0) is 55.0 Å². The molecule has 1 spiro atoms. The SMILES string of the molecule is CCCNC(=O)[C@@H]1[C@H]2C(=O)N([C@@H](CO)C(C)C)C(C(=O)Nc3ccc4ccccc4c3)C23CC[C@@]1(C)S3. The number of likely N-dealkylation sites (tertiary alicyclic amines) is 1. The first-order chi connectivity index (χ1) is 17.7. The molecule has 3 saturated heterocycles. The van der Waals surface area contributed by atoms with Gasteiger partial charge in [-0.15, -0.1) is 11.8 Å². The second kappa shape index (κ2) is 9.62. The number of carbonyl (C=O) groups excluding carboxylic acids is 3. The van der Waals surface area contributed by atoms with Gasteiger partial charge in [-0.3, -0.25) is 14.4 Å². The van der Waals surface area contributed by atoms with E-state index in [1.807, 2.05) is 63.2 Å². The van der Waals surface area contributed by atoms with Crippen molar-refractivity contribution in [2.24, 2.45) is 17.8 Å². The average Bonchev–Trinajstić information content (AvgIpc) is 3.44. The van der Waals surface area contributed by atoms with Crippen LogP contribution in [0, 0.1) is 17.8 Å². The number of fused-ring (bicyclic) bond motifs is 2. The Morgan fingerprint density at radius 2 is 1.86 bits per heavy atom. The molecule has 2 aromatic carbocycles. The molecule has 5 rings (SSSR count). The van der Waals surface area contributed by atoms with Crippen LogP contribution in [0.5, 0.6) is 0 Å². The predicted octanol–water partition coefficient (Wildman–Crippen LogP) is 3.80. The summed E-state index contributed by atoms with van der Waals surface area (Å²) in [5.74, 6) is -1.68. The Morgan fingerprint density at radius 3 is 2.54 bits per heavy atom. The van der Waals surface area contributed by atoms with Crippen molar-refractivity contribution in [3.8, 4) is 0 Å². The fraction of sp³-hybridized carbons (Fsp3) is 0.552. The van der Waals surface area contributed by atoms with Crippen molar-refractivity contribution < 1.29 is 19.5 Å². The summed E-state index contributed by atoms with van der Waals surface area (Å²) in [6.45, 7) is 8.31. The molecule has 0 radical (unpaired) electrons. The second-order valence-corrected chi connectivity index (χ2v) is 13.2. The molecule has 37 heavy (non-hydrogen) atoms. The van der Waals surface area contributed by atoms with E-state index in [9.17, 15) is 19.5 Å². The molecule has 3 fully saturated rings. The van der Waals surface area contributed by atoms with Crippen LogP contribution in [0.1, 0.15) is 47.0 Å². The quantitative estimate of drug-likeness (QED) is 0.489. The molecular weight excluding hydrogens is 486 g/mol. The van der Waals surface area contributed by atoms with E-state index in [4.69, 9.17) is 0 Å². The molecule has 3 aliphatic heterocycles. The van der Waals surface area contributed by atoms with Crippen molar-refractivity contribution in [3.05, 3.63) is 42.5 Å². The highest BCUT2D eigenvalue weighted by molar-refractivity contribution is 8.02. The van der Waals surface area contributed by atoms with E-state index in [0.29, 0.717) is 18.7 Å². The third-order valence-corrected chi connectivity index (χ3v) is 10.6. The fourth-order valence-electron chi connectivity index (χ4n) is 6.88. The minimum atomic E-state index is -0.771. The largest absolute Gasteiger partial charge is 0.394 e. The van der Waals surface area contributed by atoms with Crippen LogP contribution in [0.4, 0.5) is 5.69 Å². The summed E-state index contributed by atoms with van der Waals surface area (Å²) < 4.78 is -1.11. The standard InChI is InChI=1S/C29H37N3O4S/c1-5-14-30-25(34)22-23-27(36)32(21(16-33)17(2)3)24(29(23)13-12-28(22,4)37-29)26(35)31-20-11-10-18-8-6-7-9-19(18)15-20/h6-11,15,17,21-24,33H,5,12-14,16H2,1-4H3,(H,30,34)(H,31,35)/t21-,22-,23-,24?,28+,29?/m0/s1.